The lowest BCUT2D eigenvalue weighted by atomic mass is 10.1. The molecule has 0 bridgehead atoms. The molecule has 27 heavy (non-hydrogen) atoms. The minimum atomic E-state index is 0. The van der Waals surface area contributed by atoms with Gasteiger partial charge in [0.05, 0.1) is 26.9 Å². The fourth-order valence-corrected chi connectivity index (χ4v) is 2.81. The summed E-state index contributed by atoms with van der Waals surface area (Å²) in [6.07, 6.45) is 0. The van der Waals surface area contributed by atoms with Gasteiger partial charge >= 0.3 is 0 Å². The van der Waals surface area contributed by atoms with Gasteiger partial charge in [-0.15, -0.1) is 24.0 Å². The van der Waals surface area contributed by atoms with Crippen LogP contribution in [0.25, 0.3) is 0 Å². The molecule has 0 amide bonds. The molecule has 6 nitrogen and oxygen atoms in total. The molecular weight excluding hydrogens is 455 g/mol. The topological polar surface area (TPSA) is 72.1 Å². The number of ether oxygens (including phenoxy) is 2. The monoisotopic (exact) mass is 482 g/mol. The summed E-state index contributed by atoms with van der Waals surface area (Å²) < 4.78 is 10.5. The lowest BCUT2D eigenvalue weighted by Crippen LogP contribution is -2.35. The first kappa shape index (κ1) is 21.5. The van der Waals surface area contributed by atoms with E-state index in [4.69, 9.17) is 15.2 Å². The van der Waals surface area contributed by atoms with Gasteiger partial charge in [-0.2, -0.15) is 0 Å². The van der Waals surface area contributed by atoms with Crippen LogP contribution in [0.5, 0.6) is 5.75 Å². The fourth-order valence-electron chi connectivity index (χ4n) is 2.81. The number of hydrogen-bond acceptors (Lipinski definition) is 4. The lowest BCUT2D eigenvalue weighted by molar-refractivity contribution is 0.0342. The Kier molecular flexibility index (Phi) is 8.83. The van der Waals surface area contributed by atoms with Gasteiger partial charge in [0.2, 0.25) is 0 Å². The van der Waals surface area contributed by atoms with E-state index in [1.165, 1.54) is 5.56 Å². The number of aliphatic imine (C=N–C) groups is 1. The van der Waals surface area contributed by atoms with Gasteiger partial charge in [0, 0.05) is 25.3 Å². The van der Waals surface area contributed by atoms with Gasteiger partial charge in [0.25, 0.3) is 0 Å². The highest BCUT2D eigenvalue weighted by molar-refractivity contribution is 14.0. The van der Waals surface area contributed by atoms with Crippen LogP contribution in [0.2, 0.25) is 0 Å². The average Bonchev–Trinajstić information content (AvgIpc) is 2.69. The Morgan fingerprint density at radius 1 is 1.07 bits per heavy atom. The molecule has 0 atom stereocenters. The molecule has 2 aromatic rings. The van der Waals surface area contributed by atoms with Crippen molar-refractivity contribution in [3.8, 4) is 5.75 Å². The molecule has 1 aliphatic heterocycles. The van der Waals surface area contributed by atoms with E-state index < -0.39 is 0 Å². The Hall–Kier alpha value is -1.84. The highest BCUT2D eigenvalue weighted by atomic mass is 127. The van der Waals surface area contributed by atoms with Crippen LogP contribution in [0.3, 0.4) is 0 Å². The molecule has 146 valence electrons. The number of nitrogens with one attached hydrogen (secondary N) is 1. The molecule has 2 aromatic carbocycles. The van der Waals surface area contributed by atoms with Crippen LogP contribution < -0.4 is 15.8 Å². The molecule has 1 aliphatic rings. The second kappa shape index (κ2) is 11.1. The fraction of sp³-hybridized carbons (Fsp3) is 0.350. The number of benzene rings is 2. The summed E-state index contributed by atoms with van der Waals surface area (Å²) in [6.45, 7) is 5.17. The van der Waals surface area contributed by atoms with Gasteiger partial charge in [0.15, 0.2) is 5.96 Å². The molecule has 3 rings (SSSR count). The maximum Gasteiger partial charge on any atom is 0.193 e. The van der Waals surface area contributed by atoms with Crippen LogP contribution in [0.4, 0.5) is 5.69 Å². The molecule has 1 saturated heterocycles. The summed E-state index contributed by atoms with van der Waals surface area (Å²) in [4.78, 5) is 6.81. The number of nitrogens with zero attached hydrogens (tertiary/aromatic N) is 2. The highest BCUT2D eigenvalue weighted by Gasteiger charge is 2.10. The summed E-state index contributed by atoms with van der Waals surface area (Å²) in [5, 5.41) is 3.08. The summed E-state index contributed by atoms with van der Waals surface area (Å²) in [7, 11) is 1.64. The van der Waals surface area contributed by atoms with Crippen LogP contribution in [-0.2, 0) is 17.8 Å². The van der Waals surface area contributed by atoms with Crippen molar-refractivity contribution in [2.45, 2.75) is 13.1 Å². The zero-order valence-corrected chi connectivity index (χ0v) is 17.9. The molecule has 0 saturated carbocycles. The van der Waals surface area contributed by atoms with Gasteiger partial charge in [-0.25, -0.2) is 4.99 Å². The molecular formula is C20H27IN4O2. The van der Waals surface area contributed by atoms with Crippen LogP contribution >= 0.6 is 24.0 Å². The van der Waals surface area contributed by atoms with Crippen molar-refractivity contribution >= 4 is 35.6 Å². The first-order valence-electron chi connectivity index (χ1n) is 8.82. The molecule has 0 aliphatic carbocycles. The minimum absolute atomic E-state index is 0. The number of morpholine rings is 1. The van der Waals surface area contributed by atoms with Crippen molar-refractivity contribution < 1.29 is 9.47 Å². The highest BCUT2D eigenvalue weighted by Crippen LogP contribution is 2.15. The van der Waals surface area contributed by atoms with E-state index in [1.807, 2.05) is 24.3 Å². The second-order valence-corrected chi connectivity index (χ2v) is 6.26. The number of rotatable bonds is 6. The van der Waals surface area contributed by atoms with Crippen molar-refractivity contribution in [1.82, 2.24) is 4.90 Å². The lowest BCUT2D eigenvalue weighted by Gasteiger charge is -2.26. The van der Waals surface area contributed by atoms with E-state index in [2.05, 4.69) is 39.5 Å². The van der Waals surface area contributed by atoms with E-state index in [0.717, 1.165) is 49.8 Å². The van der Waals surface area contributed by atoms with Crippen molar-refractivity contribution in [2.24, 2.45) is 10.7 Å². The Morgan fingerprint density at radius 3 is 2.33 bits per heavy atom. The van der Waals surface area contributed by atoms with Crippen molar-refractivity contribution in [2.75, 3.05) is 38.7 Å². The standard InChI is InChI=1S/C20H26N4O2.HI/c1-25-19-8-6-18(7-9-19)23-20(21)22-14-16-2-4-17(5-3-16)15-24-10-12-26-13-11-24;/h2-9H,10-15H2,1H3,(H3,21,22,23);1H. The van der Waals surface area contributed by atoms with Crippen molar-refractivity contribution in [3.05, 3.63) is 59.7 Å². The predicted octanol–water partition coefficient (Wildman–Crippen LogP) is 3.07. The van der Waals surface area contributed by atoms with Crippen molar-refractivity contribution in [3.63, 3.8) is 0 Å². The maximum atomic E-state index is 5.97. The Morgan fingerprint density at radius 2 is 1.70 bits per heavy atom. The van der Waals surface area contributed by atoms with Gasteiger partial charge < -0.3 is 20.5 Å². The number of guanidine groups is 1. The van der Waals surface area contributed by atoms with Gasteiger partial charge in [-0.05, 0) is 35.4 Å². The minimum Gasteiger partial charge on any atom is -0.497 e. The summed E-state index contributed by atoms with van der Waals surface area (Å²) >= 11 is 0. The molecule has 0 radical (unpaired) electrons. The zero-order chi connectivity index (χ0) is 18.2. The first-order valence-corrected chi connectivity index (χ1v) is 8.82. The van der Waals surface area contributed by atoms with Crippen LogP contribution in [0.1, 0.15) is 11.1 Å². The molecule has 7 heteroatoms. The number of nitrogens with two attached hydrogens (primary N) is 1. The largest absolute Gasteiger partial charge is 0.497 e. The van der Waals surface area contributed by atoms with Gasteiger partial charge in [-0.3, -0.25) is 4.90 Å². The third kappa shape index (κ3) is 7.00. The molecule has 1 heterocycles. The first-order chi connectivity index (χ1) is 12.7. The van der Waals surface area contributed by atoms with Crippen LogP contribution in [0, 0.1) is 0 Å². The smallest absolute Gasteiger partial charge is 0.193 e. The Labute approximate surface area is 177 Å². The molecule has 0 unspecified atom stereocenters. The van der Waals surface area contributed by atoms with Crippen molar-refractivity contribution in [1.29, 1.82) is 0 Å². The molecule has 0 spiro atoms. The molecule has 0 aromatic heterocycles. The van der Waals surface area contributed by atoms with Gasteiger partial charge in [-0.1, -0.05) is 24.3 Å². The summed E-state index contributed by atoms with van der Waals surface area (Å²) in [5.41, 5.74) is 9.29. The number of anilines is 1. The summed E-state index contributed by atoms with van der Waals surface area (Å²) in [5.74, 6) is 1.20. The molecule has 1 fully saturated rings. The third-order valence-corrected chi connectivity index (χ3v) is 4.33. The number of methoxy groups -OCH3 is 1. The average molecular weight is 482 g/mol. The Bertz CT molecular complexity index is 714. The molecule has 3 N–H and O–H groups in total. The van der Waals surface area contributed by atoms with E-state index in [1.54, 1.807) is 7.11 Å². The quantitative estimate of drug-likeness (QED) is 0.376. The second-order valence-electron chi connectivity index (χ2n) is 6.26. The SMILES string of the molecule is COc1ccc(NC(N)=NCc2ccc(CN3CCOCC3)cc2)cc1.I. The summed E-state index contributed by atoms with van der Waals surface area (Å²) in [6, 6.07) is 16.1. The number of hydrogen-bond donors (Lipinski definition) is 2. The normalized spacial score (nSPS) is 15.1. The maximum absolute atomic E-state index is 5.97. The number of halogens is 1. The Balaban J connectivity index is 0.00000261. The van der Waals surface area contributed by atoms with Crippen LogP contribution in [0.15, 0.2) is 53.5 Å². The zero-order valence-electron chi connectivity index (χ0n) is 15.6. The van der Waals surface area contributed by atoms with Crippen LogP contribution in [-0.4, -0.2) is 44.3 Å². The van der Waals surface area contributed by atoms with E-state index in [0.29, 0.717) is 12.5 Å². The predicted molar refractivity (Wildman–Crippen MR) is 120 cm³/mol. The van der Waals surface area contributed by atoms with E-state index >= 15 is 0 Å². The van der Waals surface area contributed by atoms with Gasteiger partial charge in [0.1, 0.15) is 5.75 Å². The van der Waals surface area contributed by atoms with E-state index in [9.17, 15) is 0 Å². The third-order valence-electron chi connectivity index (χ3n) is 4.33. The van der Waals surface area contributed by atoms with E-state index in [-0.39, 0.29) is 24.0 Å².